The zero-order valence-corrected chi connectivity index (χ0v) is 6.16. The number of nitrogens with two attached hydrogens (primary N) is 1. The lowest BCUT2D eigenvalue weighted by Crippen LogP contribution is -1.86. The van der Waals surface area contributed by atoms with Gasteiger partial charge in [0.2, 0.25) is 0 Å². The number of pyridine rings is 1. The molecule has 11 heavy (non-hydrogen) atoms. The molecule has 0 saturated carbocycles. The fourth-order valence-electron chi connectivity index (χ4n) is 1.10. The molecule has 0 fully saturated rings. The number of hydrogen-bond donors (Lipinski definition) is 1. The Balaban J connectivity index is 2.82. The summed E-state index contributed by atoms with van der Waals surface area (Å²) in [4.78, 5) is 3.90. The molecule has 2 N–H and O–H groups in total. The molecule has 0 amide bonds. The molecule has 0 radical (unpaired) electrons. The monoisotopic (exact) mass is 148 g/mol. The Hall–Kier alpha value is -1.51. The second-order valence-corrected chi connectivity index (χ2v) is 2.50. The highest BCUT2D eigenvalue weighted by atomic mass is 16.3. The van der Waals surface area contributed by atoms with Crippen molar-refractivity contribution in [2.24, 2.45) is 0 Å². The predicted octanol–water partition coefficient (Wildman–Crippen LogP) is 1.72. The van der Waals surface area contributed by atoms with Crippen molar-refractivity contribution in [3.05, 3.63) is 24.1 Å². The molecule has 2 aromatic rings. The summed E-state index contributed by atoms with van der Waals surface area (Å²) in [5.74, 6) is 1.41. The van der Waals surface area contributed by atoms with E-state index < -0.39 is 0 Å². The first-order valence-corrected chi connectivity index (χ1v) is 3.37. The maximum absolute atomic E-state index is 5.48. The average molecular weight is 148 g/mol. The molecule has 0 bridgehead atoms. The van der Waals surface area contributed by atoms with E-state index >= 15 is 0 Å². The van der Waals surface area contributed by atoms with E-state index in [-0.39, 0.29) is 0 Å². The molecule has 0 unspecified atom stereocenters. The van der Waals surface area contributed by atoms with E-state index in [9.17, 15) is 0 Å². The lowest BCUT2D eigenvalue weighted by Gasteiger charge is -1.88. The Labute approximate surface area is 63.8 Å². The van der Waals surface area contributed by atoms with Crippen LogP contribution < -0.4 is 5.73 Å². The molecule has 0 atom stereocenters. The first-order chi connectivity index (χ1) is 5.25. The van der Waals surface area contributed by atoms with E-state index in [1.54, 1.807) is 12.3 Å². The summed E-state index contributed by atoms with van der Waals surface area (Å²) < 4.78 is 5.30. The van der Waals surface area contributed by atoms with Crippen molar-refractivity contribution >= 4 is 16.8 Å². The van der Waals surface area contributed by atoms with Gasteiger partial charge in [0.05, 0.1) is 6.20 Å². The second kappa shape index (κ2) is 1.99. The molecule has 2 rings (SSSR count). The molecule has 0 aliphatic carbocycles. The second-order valence-electron chi connectivity index (χ2n) is 2.50. The van der Waals surface area contributed by atoms with E-state index in [0.717, 1.165) is 16.7 Å². The molecule has 0 aliphatic rings. The number of furan rings is 1. The fourth-order valence-corrected chi connectivity index (χ4v) is 1.10. The van der Waals surface area contributed by atoms with Crippen LogP contribution in [0.1, 0.15) is 5.76 Å². The summed E-state index contributed by atoms with van der Waals surface area (Å²) in [7, 11) is 0. The first kappa shape index (κ1) is 6.22. The van der Waals surface area contributed by atoms with Crippen LogP contribution in [-0.2, 0) is 0 Å². The number of nitrogen functional groups attached to an aromatic ring is 1. The Kier molecular flexibility index (Phi) is 1.12. The van der Waals surface area contributed by atoms with Crippen LogP contribution in [0.5, 0.6) is 0 Å². The number of nitrogens with zero attached hydrogens (tertiary/aromatic N) is 1. The molecule has 0 spiro atoms. The van der Waals surface area contributed by atoms with E-state index in [1.807, 2.05) is 13.0 Å². The predicted molar refractivity (Wildman–Crippen MR) is 43.2 cm³/mol. The van der Waals surface area contributed by atoms with Gasteiger partial charge in [0.25, 0.3) is 0 Å². The van der Waals surface area contributed by atoms with Crippen LogP contribution in [0.4, 0.5) is 5.82 Å². The van der Waals surface area contributed by atoms with Gasteiger partial charge in [-0.2, -0.15) is 0 Å². The van der Waals surface area contributed by atoms with Gasteiger partial charge in [-0.1, -0.05) is 0 Å². The van der Waals surface area contributed by atoms with E-state index in [2.05, 4.69) is 4.98 Å². The molecule has 2 heterocycles. The van der Waals surface area contributed by atoms with Crippen LogP contribution in [0.3, 0.4) is 0 Å². The van der Waals surface area contributed by atoms with Crippen molar-refractivity contribution in [2.45, 2.75) is 6.92 Å². The summed E-state index contributed by atoms with van der Waals surface area (Å²) in [5, 5.41) is 1.01. The number of fused-ring (bicyclic) bond motifs is 1. The lowest BCUT2D eigenvalue weighted by atomic mass is 10.3. The highest BCUT2D eigenvalue weighted by Crippen LogP contribution is 2.18. The third-order valence-electron chi connectivity index (χ3n) is 1.55. The van der Waals surface area contributed by atoms with Gasteiger partial charge in [-0.3, -0.25) is 0 Å². The minimum atomic E-state index is 0.526. The van der Waals surface area contributed by atoms with Crippen LogP contribution in [-0.4, -0.2) is 4.98 Å². The molecule has 0 saturated heterocycles. The van der Waals surface area contributed by atoms with Gasteiger partial charge in [0.15, 0.2) is 5.58 Å². The normalized spacial score (nSPS) is 10.6. The number of aryl methyl sites for hydroxylation is 1. The van der Waals surface area contributed by atoms with Gasteiger partial charge in [-0.15, -0.1) is 0 Å². The zero-order chi connectivity index (χ0) is 7.84. The molecule has 2 aromatic heterocycles. The number of anilines is 1. The third kappa shape index (κ3) is 0.941. The van der Waals surface area contributed by atoms with Gasteiger partial charge in [0.1, 0.15) is 11.6 Å². The van der Waals surface area contributed by atoms with Gasteiger partial charge >= 0.3 is 0 Å². The van der Waals surface area contributed by atoms with Gasteiger partial charge in [0, 0.05) is 5.39 Å². The summed E-state index contributed by atoms with van der Waals surface area (Å²) in [5.41, 5.74) is 6.27. The number of hydrogen-bond acceptors (Lipinski definition) is 3. The van der Waals surface area contributed by atoms with Crippen LogP contribution >= 0.6 is 0 Å². The van der Waals surface area contributed by atoms with E-state index in [0.29, 0.717) is 5.82 Å². The molecule has 0 aliphatic heterocycles. The molecular formula is C8H8N2O. The Bertz CT molecular complexity index is 392. The molecular weight excluding hydrogens is 140 g/mol. The topological polar surface area (TPSA) is 52.0 Å². The van der Waals surface area contributed by atoms with Crippen LogP contribution in [0.25, 0.3) is 11.0 Å². The van der Waals surface area contributed by atoms with Crippen molar-refractivity contribution in [1.29, 1.82) is 0 Å². The maximum atomic E-state index is 5.48. The van der Waals surface area contributed by atoms with Crippen molar-refractivity contribution < 1.29 is 4.42 Å². The summed E-state index contributed by atoms with van der Waals surface area (Å²) in [6.07, 6.45) is 1.64. The maximum Gasteiger partial charge on any atom is 0.152 e. The minimum Gasteiger partial charge on any atom is -0.460 e. The third-order valence-corrected chi connectivity index (χ3v) is 1.55. The summed E-state index contributed by atoms with van der Waals surface area (Å²) in [6.45, 7) is 1.90. The van der Waals surface area contributed by atoms with Crippen LogP contribution in [0.15, 0.2) is 22.7 Å². The molecule has 3 heteroatoms. The highest BCUT2D eigenvalue weighted by Gasteiger charge is 1.99. The zero-order valence-electron chi connectivity index (χ0n) is 6.16. The number of rotatable bonds is 0. The van der Waals surface area contributed by atoms with Crippen molar-refractivity contribution in [1.82, 2.24) is 4.98 Å². The van der Waals surface area contributed by atoms with Crippen molar-refractivity contribution in [2.75, 3.05) is 5.73 Å². The average Bonchev–Trinajstić information content (AvgIpc) is 2.27. The van der Waals surface area contributed by atoms with E-state index in [1.165, 1.54) is 0 Å². The quantitative estimate of drug-likeness (QED) is 0.618. The van der Waals surface area contributed by atoms with Gasteiger partial charge < -0.3 is 10.2 Å². The standard InChI is InChI=1S/C8H8N2O/c1-5-2-6-3-8(9)10-4-7(6)11-5/h2-4H,1H3,(H2,9,10). The SMILES string of the molecule is Cc1cc2cc(N)ncc2o1. The minimum absolute atomic E-state index is 0.526. The molecule has 3 nitrogen and oxygen atoms in total. The van der Waals surface area contributed by atoms with Crippen LogP contribution in [0, 0.1) is 6.92 Å². The smallest absolute Gasteiger partial charge is 0.152 e. The Morgan fingerprint density at radius 3 is 3.09 bits per heavy atom. The largest absolute Gasteiger partial charge is 0.460 e. The Morgan fingerprint density at radius 1 is 1.45 bits per heavy atom. The summed E-state index contributed by atoms with van der Waals surface area (Å²) in [6, 6.07) is 3.74. The van der Waals surface area contributed by atoms with Crippen molar-refractivity contribution in [3.8, 4) is 0 Å². The van der Waals surface area contributed by atoms with Gasteiger partial charge in [-0.05, 0) is 19.1 Å². The lowest BCUT2D eigenvalue weighted by molar-refractivity contribution is 0.577. The molecule has 56 valence electrons. The van der Waals surface area contributed by atoms with Gasteiger partial charge in [-0.25, -0.2) is 4.98 Å². The van der Waals surface area contributed by atoms with Crippen LogP contribution in [0.2, 0.25) is 0 Å². The highest BCUT2D eigenvalue weighted by molar-refractivity contribution is 5.79. The summed E-state index contributed by atoms with van der Waals surface area (Å²) >= 11 is 0. The van der Waals surface area contributed by atoms with E-state index in [4.69, 9.17) is 10.2 Å². The van der Waals surface area contributed by atoms with Crippen molar-refractivity contribution in [3.63, 3.8) is 0 Å². The number of aromatic nitrogens is 1. The molecule has 0 aromatic carbocycles. The first-order valence-electron chi connectivity index (χ1n) is 3.37. The Morgan fingerprint density at radius 2 is 2.27 bits per heavy atom. The fraction of sp³-hybridized carbons (Fsp3) is 0.125.